The molecule has 4 aliphatic rings. The Morgan fingerprint density at radius 1 is 0.962 bits per heavy atom. The van der Waals surface area contributed by atoms with Crippen LogP contribution in [0.3, 0.4) is 0 Å². The zero-order valence-electron chi connectivity index (χ0n) is 15.4. The number of benzene rings is 1. The van der Waals surface area contributed by atoms with Gasteiger partial charge in [0.05, 0.1) is 5.56 Å². The number of rotatable bonds is 3. The van der Waals surface area contributed by atoms with E-state index in [1.807, 2.05) is 19.1 Å². The van der Waals surface area contributed by atoms with Crippen molar-refractivity contribution in [2.45, 2.75) is 50.9 Å². The smallest absolute Gasteiger partial charge is 0.257 e. The van der Waals surface area contributed by atoms with Crippen LogP contribution in [0.2, 0.25) is 0 Å². The van der Waals surface area contributed by atoms with Gasteiger partial charge in [-0.3, -0.25) is 9.78 Å². The van der Waals surface area contributed by atoms with Crippen molar-refractivity contribution >= 4 is 11.6 Å². The Morgan fingerprint density at radius 3 is 2.12 bits per heavy atom. The molecule has 6 rings (SSSR count). The second kappa shape index (κ2) is 5.94. The van der Waals surface area contributed by atoms with Crippen LogP contribution in [0.1, 0.15) is 60.1 Å². The molecule has 1 amide bonds. The first kappa shape index (κ1) is 16.0. The fraction of sp³-hybridized carbons (Fsp3) is 0.478. The minimum atomic E-state index is -0.0972. The molecule has 134 valence electrons. The molecule has 3 heteroatoms. The van der Waals surface area contributed by atoms with Gasteiger partial charge in [0.2, 0.25) is 0 Å². The van der Waals surface area contributed by atoms with E-state index in [-0.39, 0.29) is 5.91 Å². The summed E-state index contributed by atoms with van der Waals surface area (Å²) in [5, 5.41) is 3.00. The molecule has 1 N–H and O–H groups in total. The van der Waals surface area contributed by atoms with Crippen LogP contribution in [0.4, 0.5) is 5.69 Å². The van der Waals surface area contributed by atoms with Gasteiger partial charge in [-0.25, -0.2) is 0 Å². The summed E-state index contributed by atoms with van der Waals surface area (Å²) in [6.07, 6.45) is 10.2. The zero-order chi connectivity index (χ0) is 17.7. The molecule has 4 fully saturated rings. The van der Waals surface area contributed by atoms with E-state index >= 15 is 0 Å². The third-order valence-electron chi connectivity index (χ3n) is 6.97. The van der Waals surface area contributed by atoms with Crippen LogP contribution < -0.4 is 5.32 Å². The maximum Gasteiger partial charge on any atom is 0.257 e. The highest BCUT2D eigenvalue weighted by molar-refractivity contribution is 6.04. The maximum absolute atomic E-state index is 12.4. The Bertz CT molecular complexity index is 787. The average Bonchev–Trinajstić information content (AvgIpc) is 2.61. The van der Waals surface area contributed by atoms with E-state index in [1.165, 1.54) is 44.1 Å². The van der Waals surface area contributed by atoms with E-state index in [0.717, 1.165) is 29.1 Å². The second-order valence-corrected chi connectivity index (χ2v) is 8.92. The molecule has 0 aliphatic heterocycles. The van der Waals surface area contributed by atoms with Crippen molar-refractivity contribution in [3.05, 3.63) is 59.4 Å². The topological polar surface area (TPSA) is 42.0 Å². The molecule has 1 aromatic heterocycles. The molecule has 1 aromatic carbocycles. The standard InChI is InChI=1S/C23H26N2O/c1-15-2-3-19(14-24-15)22(26)25-21-6-4-20(5-7-21)23-11-16-8-17(12-23)10-18(9-16)13-23/h2-7,14,16-18H,8-13H2,1H3,(H,25,26). The van der Waals surface area contributed by atoms with Crippen molar-refractivity contribution in [3.8, 4) is 0 Å². The summed E-state index contributed by atoms with van der Waals surface area (Å²) in [7, 11) is 0. The number of pyridine rings is 1. The van der Waals surface area contributed by atoms with E-state index in [0.29, 0.717) is 11.0 Å². The van der Waals surface area contributed by atoms with Gasteiger partial charge in [-0.1, -0.05) is 12.1 Å². The molecule has 0 spiro atoms. The lowest BCUT2D eigenvalue weighted by atomic mass is 9.48. The number of aryl methyl sites for hydroxylation is 1. The van der Waals surface area contributed by atoms with Crippen LogP contribution in [0.5, 0.6) is 0 Å². The van der Waals surface area contributed by atoms with Gasteiger partial charge >= 0.3 is 0 Å². The third kappa shape index (κ3) is 2.74. The Hall–Kier alpha value is -2.16. The van der Waals surface area contributed by atoms with Crippen molar-refractivity contribution in [1.29, 1.82) is 0 Å². The predicted molar refractivity (Wildman–Crippen MR) is 103 cm³/mol. The van der Waals surface area contributed by atoms with E-state index in [9.17, 15) is 4.79 Å². The van der Waals surface area contributed by atoms with Crippen molar-refractivity contribution < 1.29 is 4.79 Å². The number of carbonyl (C=O) groups is 1. The quantitative estimate of drug-likeness (QED) is 0.839. The van der Waals surface area contributed by atoms with Gasteiger partial charge in [0.1, 0.15) is 0 Å². The number of hydrogen-bond donors (Lipinski definition) is 1. The number of carbonyl (C=O) groups excluding carboxylic acids is 1. The first-order valence-corrected chi connectivity index (χ1v) is 9.94. The lowest BCUT2D eigenvalue weighted by Gasteiger charge is -2.57. The Labute approximate surface area is 155 Å². The highest BCUT2D eigenvalue weighted by Gasteiger charge is 2.51. The van der Waals surface area contributed by atoms with Crippen LogP contribution in [0, 0.1) is 24.7 Å². The van der Waals surface area contributed by atoms with Gasteiger partial charge in [0.25, 0.3) is 5.91 Å². The van der Waals surface area contributed by atoms with Crippen molar-refractivity contribution in [3.63, 3.8) is 0 Å². The number of aromatic nitrogens is 1. The summed E-state index contributed by atoms with van der Waals surface area (Å²) >= 11 is 0. The molecule has 0 saturated heterocycles. The number of anilines is 1. The zero-order valence-corrected chi connectivity index (χ0v) is 15.4. The fourth-order valence-electron chi connectivity index (χ4n) is 6.18. The first-order valence-electron chi connectivity index (χ1n) is 9.94. The summed E-state index contributed by atoms with van der Waals surface area (Å²) in [6.45, 7) is 1.92. The highest BCUT2D eigenvalue weighted by Crippen LogP contribution is 2.60. The molecule has 4 saturated carbocycles. The number of hydrogen-bond acceptors (Lipinski definition) is 2. The van der Waals surface area contributed by atoms with E-state index < -0.39 is 0 Å². The summed E-state index contributed by atoms with van der Waals surface area (Å²) in [5.41, 5.74) is 4.29. The Kier molecular flexibility index (Phi) is 3.66. The van der Waals surface area contributed by atoms with Gasteiger partial charge in [-0.15, -0.1) is 0 Å². The minimum Gasteiger partial charge on any atom is -0.322 e. The summed E-state index contributed by atoms with van der Waals surface area (Å²) in [4.78, 5) is 16.6. The Morgan fingerprint density at radius 2 is 1.58 bits per heavy atom. The van der Waals surface area contributed by atoms with Gasteiger partial charge in [-0.05, 0) is 98.4 Å². The SMILES string of the molecule is Cc1ccc(C(=O)Nc2ccc(C34CC5CC(CC(C5)C3)C4)cc2)cn1. The van der Waals surface area contributed by atoms with Crippen LogP contribution in [0.25, 0.3) is 0 Å². The molecule has 0 radical (unpaired) electrons. The Balaban J connectivity index is 1.33. The molecule has 2 aromatic rings. The van der Waals surface area contributed by atoms with E-state index in [4.69, 9.17) is 0 Å². The molecule has 0 unspecified atom stereocenters. The summed E-state index contributed by atoms with van der Waals surface area (Å²) in [5.74, 6) is 2.76. The normalized spacial score (nSPS) is 31.8. The molecule has 3 nitrogen and oxygen atoms in total. The van der Waals surface area contributed by atoms with Crippen LogP contribution in [-0.4, -0.2) is 10.9 Å². The molecule has 26 heavy (non-hydrogen) atoms. The largest absolute Gasteiger partial charge is 0.322 e. The van der Waals surface area contributed by atoms with Gasteiger partial charge in [0, 0.05) is 17.6 Å². The van der Waals surface area contributed by atoms with E-state index in [2.05, 4.69) is 34.6 Å². The van der Waals surface area contributed by atoms with Crippen molar-refractivity contribution in [2.24, 2.45) is 17.8 Å². The molecular weight excluding hydrogens is 320 g/mol. The van der Waals surface area contributed by atoms with E-state index in [1.54, 1.807) is 6.20 Å². The molecule has 4 bridgehead atoms. The first-order chi connectivity index (χ1) is 12.6. The van der Waals surface area contributed by atoms with Gasteiger partial charge in [0.15, 0.2) is 0 Å². The van der Waals surface area contributed by atoms with Crippen LogP contribution >= 0.6 is 0 Å². The van der Waals surface area contributed by atoms with Gasteiger partial charge < -0.3 is 5.32 Å². The second-order valence-electron chi connectivity index (χ2n) is 8.92. The maximum atomic E-state index is 12.4. The van der Waals surface area contributed by atoms with Crippen molar-refractivity contribution in [2.75, 3.05) is 5.32 Å². The fourth-order valence-corrected chi connectivity index (χ4v) is 6.18. The lowest BCUT2D eigenvalue weighted by Crippen LogP contribution is -2.48. The van der Waals surface area contributed by atoms with Crippen LogP contribution in [0.15, 0.2) is 42.6 Å². The lowest BCUT2D eigenvalue weighted by molar-refractivity contribution is -0.00518. The molecule has 0 atom stereocenters. The predicted octanol–water partition coefficient (Wildman–Crippen LogP) is 5.11. The molecular formula is C23H26N2O. The van der Waals surface area contributed by atoms with Crippen LogP contribution in [-0.2, 0) is 5.41 Å². The summed E-state index contributed by atoms with van der Waals surface area (Å²) < 4.78 is 0. The average molecular weight is 346 g/mol. The highest BCUT2D eigenvalue weighted by atomic mass is 16.1. The number of nitrogens with one attached hydrogen (secondary N) is 1. The monoisotopic (exact) mass is 346 g/mol. The number of amides is 1. The molecule has 4 aliphatic carbocycles. The third-order valence-corrected chi connectivity index (χ3v) is 6.97. The number of nitrogens with zero attached hydrogens (tertiary/aromatic N) is 1. The minimum absolute atomic E-state index is 0.0972. The summed E-state index contributed by atoms with van der Waals surface area (Å²) in [6, 6.07) is 12.4. The molecule has 1 heterocycles. The van der Waals surface area contributed by atoms with Crippen molar-refractivity contribution in [1.82, 2.24) is 4.98 Å². The van der Waals surface area contributed by atoms with Gasteiger partial charge in [-0.2, -0.15) is 0 Å².